The van der Waals surface area contributed by atoms with E-state index >= 15 is 0 Å². The number of ether oxygens (including phenoxy) is 1. The Morgan fingerprint density at radius 1 is 1.33 bits per heavy atom. The van der Waals surface area contributed by atoms with Gasteiger partial charge in [-0.1, -0.05) is 24.3 Å². The van der Waals surface area contributed by atoms with Gasteiger partial charge in [0.25, 0.3) is 0 Å². The van der Waals surface area contributed by atoms with Gasteiger partial charge < -0.3 is 15.6 Å². The summed E-state index contributed by atoms with van der Waals surface area (Å²) in [6.07, 6.45) is 1.62. The zero-order chi connectivity index (χ0) is 13.2. The minimum atomic E-state index is -0.906. The van der Waals surface area contributed by atoms with Crippen LogP contribution in [0.15, 0.2) is 24.3 Å². The molecular weight excluding hydrogens is 226 g/mol. The van der Waals surface area contributed by atoms with Gasteiger partial charge in [-0.2, -0.15) is 0 Å². The molecule has 3 N–H and O–H groups in total. The van der Waals surface area contributed by atoms with Crippen LogP contribution in [0.1, 0.15) is 30.9 Å². The largest absolute Gasteiger partial charge is 0.385 e. The fourth-order valence-electron chi connectivity index (χ4n) is 3.06. The quantitative estimate of drug-likeness (QED) is 0.861. The second-order valence-electron chi connectivity index (χ2n) is 5.48. The number of aliphatic hydroxyl groups is 1. The lowest BCUT2D eigenvalue weighted by atomic mass is 9.64. The van der Waals surface area contributed by atoms with E-state index in [1.165, 1.54) is 0 Å². The standard InChI is InChI=1S/C15H23NO2/c1-12-5-3-4-6-13(12)14(2,17)15(11-16)7-9-18-10-8-15/h3-6,17H,7-11,16H2,1-2H3. The van der Waals surface area contributed by atoms with E-state index < -0.39 is 5.60 Å². The van der Waals surface area contributed by atoms with E-state index in [2.05, 4.69) is 0 Å². The molecule has 0 aromatic heterocycles. The molecule has 1 aromatic carbocycles. The molecule has 1 atom stereocenters. The highest BCUT2D eigenvalue weighted by atomic mass is 16.5. The van der Waals surface area contributed by atoms with Crippen molar-refractivity contribution in [1.82, 2.24) is 0 Å². The predicted molar refractivity (Wildman–Crippen MR) is 72.3 cm³/mol. The molecule has 0 saturated carbocycles. The maximum atomic E-state index is 11.1. The van der Waals surface area contributed by atoms with Crippen LogP contribution in [0.3, 0.4) is 0 Å². The van der Waals surface area contributed by atoms with E-state index in [4.69, 9.17) is 10.5 Å². The molecule has 1 aliphatic rings. The molecule has 0 bridgehead atoms. The van der Waals surface area contributed by atoms with Crippen LogP contribution in [0.4, 0.5) is 0 Å². The van der Waals surface area contributed by atoms with Gasteiger partial charge in [-0.05, 0) is 37.8 Å². The molecule has 1 unspecified atom stereocenters. The summed E-state index contributed by atoms with van der Waals surface area (Å²) in [5, 5.41) is 11.1. The average Bonchev–Trinajstić information content (AvgIpc) is 2.39. The smallest absolute Gasteiger partial charge is 0.0940 e. The van der Waals surface area contributed by atoms with Crippen LogP contribution in [-0.2, 0) is 10.3 Å². The van der Waals surface area contributed by atoms with Crippen molar-refractivity contribution in [1.29, 1.82) is 0 Å². The molecule has 2 rings (SSSR count). The van der Waals surface area contributed by atoms with Crippen molar-refractivity contribution in [2.75, 3.05) is 19.8 Å². The molecule has 0 radical (unpaired) electrons. The lowest BCUT2D eigenvalue weighted by Gasteiger charge is -2.48. The van der Waals surface area contributed by atoms with Crippen molar-refractivity contribution in [2.24, 2.45) is 11.1 Å². The molecule has 0 spiro atoms. The van der Waals surface area contributed by atoms with Crippen LogP contribution < -0.4 is 5.73 Å². The fraction of sp³-hybridized carbons (Fsp3) is 0.600. The van der Waals surface area contributed by atoms with Gasteiger partial charge in [-0.25, -0.2) is 0 Å². The second-order valence-corrected chi connectivity index (χ2v) is 5.48. The van der Waals surface area contributed by atoms with Gasteiger partial charge in [0.1, 0.15) is 0 Å². The minimum Gasteiger partial charge on any atom is -0.385 e. The van der Waals surface area contributed by atoms with E-state index in [1.807, 2.05) is 38.1 Å². The van der Waals surface area contributed by atoms with Crippen LogP contribution in [0, 0.1) is 12.3 Å². The maximum absolute atomic E-state index is 11.1. The summed E-state index contributed by atoms with van der Waals surface area (Å²) < 4.78 is 5.42. The maximum Gasteiger partial charge on any atom is 0.0940 e. The Morgan fingerprint density at radius 3 is 2.50 bits per heavy atom. The van der Waals surface area contributed by atoms with Crippen LogP contribution in [0.25, 0.3) is 0 Å². The topological polar surface area (TPSA) is 55.5 Å². The zero-order valence-electron chi connectivity index (χ0n) is 11.3. The first-order valence-electron chi connectivity index (χ1n) is 6.60. The van der Waals surface area contributed by atoms with Crippen molar-refractivity contribution in [2.45, 2.75) is 32.3 Å². The van der Waals surface area contributed by atoms with Crippen molar-refractivity contribution in [3.05, 3.63) is 35.4 Å². The lowest BCUT2D eigenvalue weighted by molar-refractivity contribution is -0.124. The van der Waals surface area contributed by atoms with Gasteiger partial charge in [0.05, 0.1) is 5.60 Å². The monoisotopic (exact) mass is 249 g/mol. The Morgan fingerprint density at radius 2 is 1.94 bits per heavy atom. The molecule has 0 aliphatic carbocycles. The second kappa shape index (κ2) is 5.00. The SMILES string of the molecule is Cc1ccccc1C(C)(O)C1(CN)CCOCC1. The molecule has 1 heterocycles. The summed E-state index contributed by atoms with van der Waals surface area (Å²) in [7, 11) is 0. The molecular formula is C15H23NO2. The molecule has 0 amide bonds. The van der Waals surface area contributed by atoms with E-state index in [1.54, 1.807) is 0 Å². The third kappa shape index (κ3) is 2.07. The molecule has 1 saturated heterocycles. The molecule has 3 nitrogen and oxygen atoms in total. The Bertz CT molecular complexity index is 409. The Kier molecular flexibility index (Phi) is 3.76. The first-order valence-corrected chi connectivity index (χ1v) is 6.60. The summed E-state index contributed by atoms with van der Waals surface area (Å²) >= 11 is 0. The minimum absolute atomic E-state index is 0.280. The van der Waals surface area contributed by atoms with E-state index in [0.29, 0.717) is 19.8 Å². The Hall–Kier alpha value is -0.900. The molecule has 3 heteroatoms. The average molecular weight is 249 g/mol. The summed E-state index contributed by atoms with van der Waals surface area (Å²) in [5.74, 6) is 0. The summed E-state index contributed by atoms with van der Waals surface area (Å²) in [5.41, 5.74) is 6.91. The first-order chi connectivity index (χ1) is 8.53. The van der Waals surface area contributed by atoms with E-state index in [9.17, 15) is 5.11 Å². The van der Waals surface area contributed by atoms with Crippen molar-refractivity contribution >= 4 is 0 Å². The van der Waals surface area contributed by atoms with Gasteiger partial charge in [-0.15, -0.1) is 0 Å². The first kappa shape index (κ1) is 13.5. The van der Waals surface area contributed by atoms with Gasteiger partial charge in [0.15, 0.2) is 0 Å². The van der Waals surface area contributed by atoms with Crippen molar-refractivity contribution in [3.8, 4) is 0 Å². The normalized spacial score (nSPS) is 22.4. The van der Waals surface area contributed by atoms with Gasteiger partial charge in [-0.3, -0.25) is 0 Å². The summed E-state index contributed by atoms with van der Waals surface area (Å²) in [4.78, 5) is 0. The zero-order valence-corrected chi connectivity index (χ0v) is 11.3. The lowest BCUT2D eigenvalue weighted by Crippen LogP contribution is -2.52. The summed E-state index contributed by atoms with van der Waals surface area (Å²) in [6, 6.07) is 8.00. The van der Waals surface area contributed by atoms with Crippen LogP contribution in [-0.4, -0.2) is 24.9 Å². The number of benzene rings is 1. The van der Waals surface area contributed by atoms with Crippen LogP contribution in [0.2, 0.25) is 0 Å². The summed E-state index contributed by atoms with van der Waals surface area (Å²) in [6.45, 7) is 5.77. The molecule has 1 aromatic rings. The van der Waals surface area contributed by atoms with Gasteiger partial charge >= 0.3 is 0 Å². The van der Waals surface area contributed by atoms with Crippen LogP contribution >= 0.6 is 0 Å². The highest BCUT2D eigenvalue weighted by Gasteiger charge is 2.48. The molecule has 100 valence electrons. The van der Waals surface area contributed by atoms with Crippen molar-refractivity contribution in [3.63, 3.8) is 0 Å². The number of rotatable bonds is 3. The molecule has 1 fully saturated rings. The van der Waals surface area contributed by atoms with Crippen molar-refractivity contribution < 1.29 is 9.84 Å². The van der Waals surface area contributed by atoms with Gasteiger partial charge in [0, 0.05) is 25.2 Å². The number of aryl methyl sites for hydroxylation is 1. The highest BCUT2D eigenvalue weighted by molar-refractivity contribution is 5.33. The Balaban J connectivity index is 2.42. The third-order valence-corrected chi connectivity index (χ3v) is 4.54. The van der Waals surface area contributed by atoms with E-state index in [0.717, 1.165) is 24.0 Å². The number of hydrogen-bond donors (Lipinski definition) is 2. The Labute approximate surface area is 109 Å². The number of nitrogens with two attached hydrogens (primary N) is 1. The van der Waals surface area contributed by atoms with Gasteiger partial charge in [0.2, 0.25) is 0 Å². The molecule has 18 heavy (non-hydrogen) atoms. The number of hydrogen-bond acceptors (Lipinski definition) is 3. The van der Waals surface area contributed by atoms with E-state index in [-0.39, 0.29) is 5.41 Å². The molecule has 1 aliphatic heterocycles. The predicted octanol–water partition coefficient (Wildman–Crippen LogP) is 1.96. The third-order valence-electron chi connectivity index (χ3n) is 4.54. The highest BCUT2D eigenvalue weighted by Crippen LogP contribution is 2.46. The van der Waals surface area contributed by atoms with Crippen LogP contribution in [0.5, 0.6) is 0 Å². The fourth-order valence-corrected chi connectivity index (χ4v) is 3.06.